The van der Waals surface area contributed by atoms with Crippen LogP contribution in [0.5, 0.6) is 0 Å². The molecule has 0 aliphatic carbocycles. The van der Waals surface area contributed by atoms with Crippen molar-refractivity contribution in [1.82, 2.24) is 19.8 Å². The maximum absolute atomic E-state index is 12.7. The van der Waals surface area contributed by atoms with Crippen LogP contribution in [0.3, 0.4) is 0 Å². The van der Waals surface area contributed by atoms with Crippen LogP contribution in [0.25, 0.3) is 6.08 Å². The summed E-state index contributed by atoms with van der Waals surface area (Å²) in [6.45, 7) is 10.3. The number of carbonyl (C=O) groups excluding carboxylic acids is 4. The molecule has 0 radical (unpaired) electrons. The molecule has 0 spiro atoms. The maximum atomic E-state index is 12.7. The van der Waals surface area contributed by atoms with Crippen molar-refractivity contribution in [3.63, 3.8) is 0 Å². The number of rotatable bonds is 4. The molecule has 0 bridgehead atoms. The lowest BCUT2D eigenvalue weighted by Gasteiger charge is -2.25. The van der Waals surface area contributed by atoms with E-state index in [4.69, 9.17) is 4.74 Å². The Bertz CT molecular complexity index is 878. The highest BCUT2D eigenvalue weighted by atomic mass is 16.6. The van der Waals surface area contributed by atoms with Crippen molar-refractivity contribution < 1.29 is 23.9 Å². The molecule has 10 heteroatoms. The minimum Gasteiger partial charge on any atom is -0.443 e. The van der Waals surface area contributed by atoms with E-state index in [9.17, 15) is 19.2 Å². The predicted octanol–water partition coefficient (Wildman–Crippen LogP) is 1.64. The number of aromatic nitrogens is 2. The minimum absolute atomic E-state index is 0.0876. The number of piperazine rings is 1. The molecule has 1 aliphatic heterocycles. The summed E-state index contributed by atoms with van der Waals surface area (Å²) in [6, 6.07) is 0. The highest BCUT2D eigenvalue weighted by Gasteiger charge is 2.31. The number of imidazole rings is 1. The first-order chi connectivity index (χ1) is 13.4. The third-order valence-corrected chi connectivity index (χ3v) is 3.97. The Hall–Kier alpha value is -3.17. The molecule has 3 amide bonds. The molecule has 2 rings (SSSR count). The molecule has 2 N–H and O–H groups in total. The van der Waals surface area contributed by atoms with Gasteiger partial charge in [0.1, 0.15) is 17.8 Å². The Labute approximate surface area is 169 Å². The number of amides is 3. The van der Waals surface area contributed by atoms with Gasteiger partial charge in [0.25, 0.3) is 5.91 Å². The van der Waals surface area contributed by atoms with Crippen LogP contribution in [-0.2, 0) is 19.1 Å². The summed E-state index contributed by atoms with van der Waals surface area (Å²) in [5.74, 6) is -1.38. The van der Waals surface area contributed by atoms with E-state index in [0.29, 0.717) is 17.9 Å². The van der Waals surface area contributed by atoms with Crippen molar-refractivity contribution >= 4 is 35.8 Å². The van der Waals surface area contributed by atoms with E-state index in [-0.39, 0.29) is 18.2 Å². The van der Waals surface area contributed by atoms with E-state index in [2.05, 4.69) is 15.6 Å². The van der Waals surface area contributed by atoms with E-state index >= 15 is 0 Å². The van der Waals surface area contributed by atoms with Gasteiger partial charge in [-0.3, -0.25) is 19.3 Å². The van der Waals surface area contributed by atoms with Gasteiger partial charge in [-0.05, 0) is 40.2 Å². The first kappa shape index (κ1) is 22.1. The van der Waals surface area contributed by atoms with Crippen LogP contribution in [0, 0.1) is 6.92 Å². The molecule has 2 heterocycles. The SMILES string of the molecule is CCCNc1nc(C=C2NC(=O)CN(C(C)=O)C2=O)c(C)n1C(=O)OC(C)(C)C. The van der Waals surface area contributed by atoms with Gasteiger partial charge in [-0.1, -0.05) is 6.92 Å². The number of nitrogens with one attached hydrogen (secondary N) is 2. The zero-order valence-electron chi connectivity index (χ0n) is 17.6. The van der Waals surface area contributed by atoms with Crippen LogP contribution in [0.2, 0.25) is 0 Å². The molecule has 0 aromatic carbocycles. The van der Waals surface area contributed by atoms with Crippen molar-refractivity contribution in [1.29, 1.82) is 0 Å². The van der Waals surface area contributed by atoms with Gasteiger partial charge in [0, 0.05) is 13.5 Å². The van der Waals surface area contributed by atoms with Crippen LogP contribution >= 0.6 is 0 Å². The van der Waals surface area contributed by atoms with E-state index in [1.165, 1.54) is 17.6 Å². The summed E-state index contributed by atoms with van der Waals surface area (Å²) in [5.41, 5.74) is -0.0738. The molecular weight excluding hydrogens is 378 g/mol. The highest BCUT2D eigenvalue weighted by molar-refractivity contribution is 6.12. The second-order valence-electron chi connectivity index (χ2n) is 7.67. The molecular formula is C19H27N5O5. The van der Waals surface area contributed by atoms with Crippen LogP contribution in [0.1, 0.15) is 52.4 Å². The number of imide groups is 1. The summed E-state index contributed by atoms with van der Waals surface area (Å²) in [4.78, 5) is 53.9. The van der Waals surface area contributed by atoms with Crippen molar-refractivity contribution in [3.8, 4) is 0 Å². The second kappa shape index (κ2) is 8.46. The third-order valence-electron chi connectivity index (χ3n) is 3.97. The predicted molar refractivity (Wildman–Crippen MR) is 106 cm³/mol. The molecule has 1 fully saturated rings. The average molecular weight is 405 g/mol. The largest absolute Gasteiger partial charge is 0.443 e. The van der Waals surface area contributed by atoms with Gasteiger partial charge in [0.05, 0.1) is 11.4 Å². The van der Waals surface area contributed by atoms with E-state index in [0.717, 1.165) is 11.3 Å². The fraction of sp³-hybridized carbons (Fsp3) is 0.526. The number of ether oxygens (including phenoxy) is 1. The van der Waals surface area contributed by atoms with E-state index in [1.807, 2.05) is 6.92 Å². The zero-order valence-corrected chi connectivity index (χ0v) is 17.6. The van der Waals surface area contributed by atoms with Crippen LogP contribution < -0.4 is 10.6 Å². The third kappa shape index (κ3) is 5.21. The normalized spacial score (nSPS) is 16.1. The van der Waals surface area contributed by atoms with Gasteiger partial charge in [0.15, 0.2) is 0 Å². The lowest BCUT2D eigenvalue weighted by Crippen LogP contribution is -2.51. The molecule has 1 saturated heterocycles. The van der Waals surface area contributed by atoms with E-state index < -0.39 is 29.4 Å². The van der Waals surface area contributed by atoms with Crippen LogP contribution in [0.15, 0.2) is 5.70 Å². The summed E-state index contributed by atoms with van der Waals surface area (Å²) in [6.07, 6.45) is 1.54. The molecule has 10 nitrogen and oxygen atoms in total. The van der Waals surface area contributed by atoms with Crippen molar-refractivity contribution in [3.05, 3.63) is 17.1 Å². The van der Waals surface area contributed by atoms with Crippen LogP contribution in [-0.4, -0.2) is 57.0 Å². The van der Waals surface area contributed by atoms with Gasteiger partial charge in [0.2, 0.25) is 17.8 Å². The first-order valence-corrected chi connectivity index (χ1v) is 9.35. The van der Waals surface area contributed by atoms with Crippen molar-refractivity contribution in [2.75, 3.05) is 18.4 Å². The van der Waals surface area contributed by atoms with E-state index in [1.54, 1.807) is 27.7 Å². The summed E-state index contributed by atoms with van der Waals surface area (Å²) < 4.78 is 6.73. The van der Waals surface area contributed by atoms with Crippen molar-refractivity contribution in [2.24, 2.45) is 0 Å². The standard InChI is InChI=1S/C19H27N5O5/c1-7-8-20-17-22-13(11(2)24(17)18(28)29-19(4,5)6)9-14-16(27)23(12(3)25)10-15(26)21-14/h9H,7-8,10H2,1-6H3,(H,20,22)(H,21,26). The molecule has 29 heavy (non-hydrogen) atoms. The topological polar surface area (TPSA) is 123 Å². The summed E-state index contributed by atoms with van der Waals surface area (Å²) in [7, 11) is 0. The molecule has 0 saturated carbocycles. The molecule has 0 unspecified atom stereocenters. The van der Waals surface area contributed by atoms with Gasteiger partial charge in [-0.2, -0.15) is 0 Å². The maximum Gasteiger partial charge on any atom is 0.421 e. The Morgan fingerprint density at radius 2 is 1.97 bits per heavy atom. The number of hydrogen-bond donors (Lipinski definition) is 2. The fourth-order valence-electron chi connectivity index (χ4n) is 2.63. The summed E-state index contributed by atoms with van der Waals surface area (Å²) in [5, 5.41) is 5.52. The lowest BCUT2D eigenvalue weighted by atomic mass is 10.2. The highest BCUT2D eigenvalue weighted by Crippen LogP contribution is 2.21. The number of nitrogens with zero attached hydrogens (tertiary/aromatic N) is 3. The minimum atomic E-state index is -0.705. The fourth-order valence-corrected chi connectivity index (χ4v) is 2.63. The number of carbonyl (C=O) groups is 4. The Balaban J connectivity index is 2.48. The molecule has 1 aliphatic rings. The average Bonchev–Trinajstić information content (AvgIpc) is 2.89. The van der Waals surface area contributed by atoms with Gasteiger partial charge in [-0.15, -0.1) is 0 Å². The lowest BCUT2D eigenvalue weighted by molar-refractivity contribution is -0.147. The van der Waals surface area contributed by atoms with Gasteiger partial charge < -0.3 is 15.4 Å². The number of hydrogen-bond acceptors (Lipinski definition) is 7. The van der Waals surface area contributed by atoms with Crippen molar-refractivity contribution in [2.45, 2.75) is 53.6 Å². The van der Waals surface area contributed by atoms with Gasteiger partial charge in [-0.25, -0.2) is 14.3 Å². The molecule has 1 aromatic rings. The first-order valence-electron chi connectivity index (χ1n) is 9.35. The van der Waals surface area contributed by atoms with Crippen LogP contribution in [0.4, 0.5) is 10.7 Å². The molecule has 158 valence electrons. The Morgan fingerprint density at radius 1 is 1.31 bits per heavy atom. The smallest absolute Gasteiger partial charge is 0.421 e. The van der Waals surface area contributed by atoms with Gasteiger partial charge >= 0.3 is 6.09 Å². The Kier molecular flexibility index (Phi) is 6.45. The monoisotopic (exact) mass is 405 g/mol. The summed E-state index contributed by atoms with van der Waals surface area (Å²) >= 11 is 0. The molecule has 0 atom stereocenters. The quantitative estimate of drug-likeness (QED) is 0.730. The Morgan fingerprint density at radius 3 is 2.52 bits per heavy atom. The second-order valence-corrected chi connectivity index (χ2v) is 7.67. The molecule has 1 aromatic heterocycles. The number of anilines is 1. The zero-order chi connectivity index (χ0) is 21.9.